The first-order chi connectivity index (χ1) is 9.81. The highest BCUT2D eigenvalue weighted by Gasteiger charge is 2.20. The van der Waals surface area contributed by atoms with E-state index >= 15 is 0 Å². The Morgan fingerprint density at radius 2 is 2.15 bits per heavy atom. The molecule has 2 heterocycles. The van der Waals surface area contributed by atoms with E-state index in [1.54, 1.807) is 0 Å². The first kappa shape index (κ1) is 13.7. The fraction of sp³-hybridized carbons (Fsp3) is 0.529. The minimum Gasteiger partial charge on any atom is -0.347 e. The van der Waals surface area contributed by atoms with Gasteiger partial charge in [-0.25, -0.2) is 0 Å². The molecule has 0 aliphatic carbocycles. The summed E-state index contributed by atoms with van der Waals surface area (Å²) in [6, 6.07) is 8.75. The van der Waals surface area contributed by atoms with Gasteiger partial charge in [0.1, 0.15) is 0 Å². The lowest BCUT2D eigenvalue weighted by molar-refractivity contribution is 0.171. The van der Waals surface area contributed by atoms with Crippen LogP contribution in [0.3, 0.4) is 0 Å². The van der Waals surface area contributed by atoms with E-state index in [2.05, 4.69) is 46.9 Å². The molecule has 1 atom stereocenters. The van der Waals surface area contributed by atoms with E-state index in [4.69, 9.17) is 5.73 Å². The lowest BCUT2D eigenvalue weighted by Gasteiger charge is -2.31. The minimum absolute atomic E-state index is 0.684. The average Bonchev–Trinajstić information content (AvgIpc) is 2.86. The van der Waals surface area contributed by atoms with Crippen molar-refractivity contribution >= 4 is 10.9 Å². The Balaban J connectivity index is 1.83. The second kappa shape index (κ2) is 5.98. The molecule has 0 saturated carbocycles. The molecule has 3 heteroatoms. The number of benzene rings is 1. The molecule has 1 aromatic heterocycles. The molecule has 1 unspecified atom stereocenters. The van der Waals surface area contributed by atoms with Crippen molar-refractivity contribution in [3.05, 3.63) is 36.0 Å². The maximum Gasteiger partial charge on any atom is 0.0483 e. The fourth-order valence-corrected chi connectivity index (χ4v) is 3.44. The molecule has 1 aliphatic rings. The Hall–Kier alpha value is -1.32. The molecule has 0 spiro atoms. The minimum atomic E-state index is 0.684. The van der Waals surface area contributed by atoms with Crippen molar-refractivity contribution in [1.82, 2.24) is 9.47 Å². The van der Waals surface area contributed by atoms with E-state index in [0.717, 1.165) is 26.2 Å². The first-order valence-corrected chi connectivity index (χ1v) is 7.81. The van der Waals surface area contributed by atoms with Crippen LogP contribution in [-0.4, -0.2) is 29.1 Å². The van der Waals surface area contributed by atoms with Crippen molar-refractivity contribution in [2.75, 3.05) is 19.6 Å². The third-order valence-electron chi connectivity index (χ3n) is 4.54. The highest BCUT2D eigenvalue weighted by molar-refractivity contribution is 5.83. The smallest absolute Gasteiger partial charge is 0.0483 e. The Kier molecular flexibility index (Phi) is 4.08. The third kappa shape index (κ3) is 2.60. The molecule has 2 aromatic rings. The quantitative estimate of drug-likeness (QED) is 0.928. The predicted octanol–water partition coefficient (Wildman–Crippen LogP) is 2.83. The number of aryl methyl sites for hydroxylation is 1. The molecule has 20 heavy (non-hydrogen) atoms. The number of piperidine rings is 1. The number of para-hydroxylation sites is 1. The van der Waals surface area contributed by atoms with Gasteiger partial charge < -0.3 is 10.3 Å². The number of aromatic nitrogens is 1. The van der Waals surface area contributed by atoms with Crippen LogP contribution in [0.1, 0.15) is 25.3 Å². The summed E-state index contributed by atoms with van der Waals surface area (Å²) in [7, 11) is 0. The highest BCUT2D eigenvalue weighted by Crippen LogP contribution is 2.24. The predicted molar refractivity (Wildman–Crippen MR) is 84.7 cm³/mol. The molecule has 3 nitrogen and oxygen atoms in total. The Morgan fingerprint density at radius 3 is 2.95 bits per heavy atom. The summed E-state index contributed by atoms with van der Waals surface area (Å²) in [6.45, 7) is 7.50. The fourth-order valence-electron chi connectivity index (χ4n) is 3.44. The van der Waals surface area contributed by atoms with Gasteiger partial charge in [-0.05, 0) is 50.4 Å². The van der Waals surface area contributed by atoms with E-state index in [1.807, 2.05) is 0 Å². The van der Waals surface area contributed by atoms with Crippen molar-refractivity contribution in [3.8, 4) is 0 Å². The van der Waals surface area contributed by atoms with E-state index in [0.29, 0.717) is 5.92 Å². The summed E-state index contributed by atoms with van der Waals surface area (Å²) in [4.78, 5) is 2.57. The monoisotopic (exact) mass is 271 g/mol. The molecule has 1 saturated heterocycles. The molecule has 0 radical (unpaired) electrons. The topological polar surface area (TPSA) is 34.2 Å². The number of nitrogens with zero attached hydrogens (tertiary/aromatic N) is 2. The maximum absolute atomic E-state index is 5.84. The molecule has 1 aromatic carbocycles. The van der Waals surface area contributed by atoms with Gasteiger partial charge in [-0.3, -0.25) is 4.90 Å². The van der Waals surface area contributed by atoms with Crippen molar-refractivity contribution in [3.63, 3.8) is 0 Å². The molecule has 1 aliphatic heterocycles. The number of nitrogens with two attached hydrogens (primary N) is 1. The summed E-state index contributed by atoms with van der Waals surface area (Å²) in [5.41, 5.74) is 8.66. The van der Waals surface area contributed by atoms with Crippen LogP contribution in [-0.2, 0) is 13.1 Å². The van der Waals surface area contributed by atoms with Gasteiger partial charge in [-0.1, -0.05) is 18.2 Å². The zero-order chi connectivity index (χ0) is 13.9. The van der Waals surface area contributed by atoms with Crippen LogP contribution in [0.2, 0.25) is 0 Å². The standard InChI is InChI=1S/C17H25N3/c1-2-20-13-15(16-7-3-4-8-17(16)20)12-19-9-5-6-14(10-18)11-19/h3-4,7-8,13-14H,2,5-6,9-12,18H2,1H3. The lowest BCUT2D eigenvalue weighted by atomic mass is 9.98. The maximum atomic E-state index is 5.84. The number of likely N-dealkylation sites (tertiary alicyclic amines) is 1. The molecule has 0 amide bonds. The van der Waals surface area contributed by atoms with Crippen LogP contribution < -0.4 is 5.73 Å². The number of fused-ring (bicyclic) bond motifs is 1. The molecule has 2 N–H and O–H groups in total. The van der Waals surface area contributed by atoms with Crippen molar-refractivity contribution in [1.29, 1.82) is 0 Å². The van der Waals surface area contributed by atoms with Gasteiger partial charge >= 0.3 is 0 Å². The third-order valence-corrected chi connectivity index (χ3v) is 4.54. The van der Waals surface area contributed by atoms with Crippen molar-refractivity contribution in [2.24, 2.45) is 11.7 Å². The van der Waals surface area contributed by atoms with E-state index in [1.165, 1.54) is 35.9 Å². The van der Waals surface area contributed by atoms with Gasteiger partial charge in [0.15, 0.2) is 0 Å². The Morgan fingerprint density at radius 1 is 1.30 bits per heavy atom. The van der Waals surface area contributed by atoms with E-state index < -0.39 is 0 Å². The van der Waals surface area contributed by atoms with Crippen LogP contribution in [0.25, 0.3) is 10.9 Å². The van der Waals surface area contributed by atoms with Gasteiger partial charge in [0, 0.05) is 36.7 Å². The molecule has 3 rings (SSSR count). The lowest BCUT2D eigenvalue weighted by Crippen LogP contribution is -2.37. The first-order valence-electron chi connectivity index (χ1n) is 7.81. The Labute approximate surface area is 121 Å². The van der Waals surface area contributed by atoms with E-state index in [9.17, 15) is 0 Å². The summed E-state index contributed by atoms with van der Waals surface area (Å²) in [5.74, 6) is 0.684. The van der Waals surface area contributed by atoms with Gasteiger partial charge in [0.2, 0.25) is 0 Å². The average molecular weight is 271 g/mol. The summed E-state index contributed by atoms with van der Waals surface area (Å²) < 4.78 is 2.36. The SMILES string of the molecule is CCn1cc(CN2CCCC(CN)C2)c2ccccc21. The molecule has 108 valence electrons. The van der Waals surface area contributed by atoms with Gasteiger partial charge in [0.25, 0.3) is 0 Å². The molecule has 0 bridgehead atoms. The molecule has 1 fully saturated rings. The van der Waals surface area contributed by atoms with Gasteiger partial charge in [-0.15, -0.1) is 0 Å². The van der Waals surface area contributed by atoms with Crippen molar-refractivity contribution in [2.45, 2.75) is 32.9 Å². The number of rotatable bonds is 4. The summed E-state index contributed by atoms with van der Waals surface area (Å²) in [6.07, 6.45) is 4.91. The molecular weight excluding hydrogens is 246 g/mol. The zero-order valence-corrected chi connectivity index (χ0v) is 12.4. The van der Waals surface area contributed by atoms with Gasteiger partial charge in [-0.2, -0.15) is 0 Å². The van der Waals surface area contributed by atoms with Crippen LogP contribution in [0, 0.1) is 5.92 Å². The Bertz CT molecular complexity index is 573. The van der Waals surface area contributed by atoms with Gasteiger partial charge in [0.05, 0.1) is 0 Å². The second-order valence-corrected chi connectivity index (χ2v) is 5.94. The zero-order valence-electron chi connectivity index (χ0n) is 12.4. The number of hydrogen-bond donors (Lipinski definition) is 1. The van der Waals surface area contributed by atoms with E-state index in [-0.39, 0.29) is 0 Å². The van der Waals surface area contributed by atoms with Crippen LogP contribution in [0.4, 0.5) is 0 Å². The summed E-state index contributed by atoms with van der Waals surface area (Å²) in [5, 5.41) is 1.41. The second-order valence-electron chi connectivity index (χ2n) is 5.94. The normalized spacial score (nSPS) is 20.6. The summed E-state index contributed by atoms with van der Waals surface area (Å²) >= 11 is 0. The van der Waals surface area contributed by atoms with Crippen LogP contribution in [0.5, 0.6) is 0 Å². The highest BCUT2D eigenvalue weighted by atomic mass is 15.1. The van der Waals surface area contributed by atoms with Crippen molar-refractivity contribution < 1.29 is 0 Å². The van der Waals surface area contributed by atoms with Crippen LogP contribution in [0.15, 0.2) is 30.5 Å². The largest absolute Gasteiger partial charge is 0.347 e. The van der Waals surface area contributed by atoms with Crippen LogP contribution >= 0.6 is 0 Å². The number of hydrogen-bond acceptors (Lipinski definition) is 2. The molecular formula is C17H25N3.